The van der Waals surface area contributed by atoms with E-state index in [-0.39, 0.29) is 6.42 Å². The Bertz CT molecular complexity index is 670. The zero-order chi connectivity index (χ0) is 31.7. The molecule has 0 unspecified atom stereocenters. The largest absolute Gasteiger partial charge is 0.394 e. The van der Waals surface area contributed by atoms with Gasteiger partial charge in [-0.2, -0.15) is 0 Å². The second kappa shape index (κ2) is 21.3. The summed E-state index contributed by atoms with van der Waals surface area (Å²) in [6.07, 6.45) is -6.54. The third-order valence-corrected chi connectivity index (χ3v) is 7.27. The van der Waals surface area contributed by atoms with Crippen LogP contribution in [0.15, 0.2) is 0 Å². The van der Waals surface area contributed by atoms with Gasteiger partial charge in [0.05, 0.1) is 13.2 Å². The number of amides is 2. The van der Waals surface area contributed by atoms with E-state index in [4.69, 9.17) is 10.2 Å². The quantitative estimate of drug-likeness (QED) is 0.0416. The summed E-state index contributed by atoms with van der Waals surface area (Å²) in [5.74, 6) is -2.67. The highest BCUT2D eigenvalue weighted by molar-refractivity contribution is 6.00. The molecule has 41 heavy (non-hydrogen) atoms. The van der Waals surface area contributed by atoms with Gasteiger partial charge in [0.1, 0.15) is 54.7 Å². The maximum absolute atomic E-state index is 13.3. The normalized spacial score (nSPS) is 17.8. The van der Waals surface area contributed by atoms with Crippen LogP contribution >= 0.6 is 0 Å². The van der Waals surface area contributed by atoms with E-state index >= 15 is 0 Å². The third-order valence-electron chi connectivity index (χ3n) is 7.27. The lowest BCUT2D eigenvalue weighted by atomic mass is 9.96. The summed E-state index contributed by atoms with van der Waals surface area (Å²) in [5.41, 5.74) is 0. The number of hydrogen-bond donors (Lipinski definition) is 10. The highest BCUT2D eigenvalue weighted by atomic mass is 16.4. The summed E-state index contributed by atoms with van der Waals surface area (Å²) >= 11 is 0. The number of carbonyl (C=O) groups is 2. The van der Waals surface area contributed by atoms with Gasteiger partial charge in [-0.25, -0.2) is 0 Å². The molecule has 2 amide bonds. The van der Waals surface area contributed by atoms with Crippen molar-refractivity contribution in [1.29, 1.82) is 0 Å². The first-order valence-electron chi connectivity index (χ1n) is 14.4. The lowest BCUT2D eigenvalue weighted by molar-refractivity contribution is -0.152. The van der Waals surface area contributed by atoms with Crippen molar-refractivity contribution in [3.05, 3.63) is 0 Å². The fourth-order valence-electron chi connectivity index (χ4n) is 4.45. The third kappa shape index (κ3) is 14.0. The van der Waals surface area contributed by atoms with Crippen molar-refractivity contribution in [3.8, 4) is 0 Å². The minimum Gasteiger partial charge on any atom is -0.394 e. The number of unbranched alkanes of at least 4 members (excludes halogenated alkanes) is 7. The Morgan fingerprint density at radius 1 is 0.537 bits per heavy atom. The van der Waals surface area contributed by atoms with Gasteiger partial charge in [-0.3, -0.25) is 9.59 Å². The lowest BCUT2D eigenvalue weighted by Gasteiger charge is -2.32. The van der Waals surface area contributed by atoms with E-state index in [1.165, 1.54) is 14.1 Å². The Hall–Kier alpha value is -1.46. The molecule has 0 saturated heterocycles. The number of rotatable bonds is 23. The molecule has 0 heterocycles. The van der Waals surface area contributed by atoms with E-state index in [9.17, 15) is 50.4 Å². The van der Waals surface area contributed by atoms with E-state index in [2.05, 4.69) is 6.92 Å². The van der Waals surface area contributed by atoms with Gasteiger partial charge in [0, 0.05) is 27.2 Å². The molecule has 14 heteroatoms. The van der Waals surface area contributed by atoms with E-state index in [1.807, 2.05) is 0 Å². The van der Waals surface area contributed by atoms with Gasteiger partial charge in [0.15, 0.2) is 0 Å². The molecule has 0 aromatic carbocycles. The van der Waals surface area contributed by atoms with Crippen LogP contribution in [0, 0.1) is 5.92 Å². The van der Waals surface area contributed by atoms with Gasteiger partial charge in [0.25, 0.3) is 0 Å². The van der Waals surface area contributed by atoms with Crippen molar-refractivity contribution in [2.75, 3.05) is 40.4 Å². The fourth-order valence-corrected chi connectivity index (χ4v) is 4.45. The zero-order valence-corrected chi connectivity index (χ0v) is 24.6. The number of aliphatic hydroxyl groups is 10. The van der Waals surface area contributed by atoms with Gasteiger partial charge in [-0.05, 0) is 6.42 Å². The van der Waals surface area contributed by atoms with E-state index in [1.54, 1.807) is 0 Å². The van der Waals surface area contributed by atoms with Crippen LogP contribution in [0.3, 0.4) is 0 Å². The summed E-state index contributed by atoms with van der Waals surface area (Å²) in [4.78, 5) is 28.6. The molecule has 244 valence electrons. The standard InChI is InChI=1S/C27H54N2O12/c1-4-5-6-7-8-9-10-11-12-17(26(40)28(2)13-18(32)22(36)24(38)20(34)15-30)27(41)29(3)14-19(33)23(37)25(39)21(35)16-31/h17-25,30-39H,4-16H2,1-3H3/t18-,19-,20+,21+,22+,23+,24+,25+/m0/s1. The molecule has 0 spiro atoms. The SMILES string of the molecule is CCCCCCCCCCC(C(=O)N(C)C[C@H](O)[C@@H](O)[C@H](O)[C@H](O)CO)C(=O)N(C)C[C@H](O)[C@@H](O)[C@H](O)[C@H](O)CO. The molecule has 0 bridgehead atoms. The fraction of sp³-hybridized carbons (Fsp3) is 0.926. The first kappa shape index (κ1) is 39.5. The van der Waals surface area contributed by atoms with Crippen molar-refractivity contribution in [2.24, 2.45) is 5.92 Å². The Kier molecular flexibility index (Phi) is 20.5. The summed E-state index contributed by atoms with van der Waals surface area (Å²) in [7, 11) is 2.57. The lowest BCUT2D eigenvalue weighted by Crippen LogP contribution is -2.53. The number of likely N-dealkylation sites (N-methyl/N-ethyl adjacent to an activating group) is 2. The Morgan fingerprint density at radius 2 is 0.854 bits per heavy atom. The summed E-state index contributed by atoms with van der Waals surface area (Å²) < 4.78 is 0. The van der Waals surface area contributed by atoms with Crippen LogP contribution in [-0.4, -0.2) is 162 Å². The topological polar surface area (TPSA) is 243 Å². The monoisotopic (exact) mass is 598 g/mol. The molecule has 0 saturated carbocycles. The van der Waals surface area contributed by atoms with Crippen LogP contribution < -0.4 is 0 Å². The Morgan fingerprint density at radius 3 is 1.20 bits per heavy atom. The first-order chi connectivity index (χ1) is 19.2. The average molecular weight is 599 g/mol. The van der Waals surface area contributed by atoms with Crippen molar-refractivity contribution in [3.63, 3.8) is 0 Å². The first-order valence-corrected chi connectivity index (χ1v) is 14.4. The molecule has 8 atom stereocenters. The highest BCUT2D eigenvalue weighted by Gasteiger charge is 2.37. The second-order valence-electron chi connectivity index (χ2n) is 10.9. The maximum atomic E-state index is 13.3. The molecule has 0 rings (SSSR count). The predicted octanol–water partition coefficient (Wildman–Crippen LogP) is -3.08. The molecule has 14 nitrogen and oxygen atoms in total. The Labute approximate surface area is 242 Å². The van der Waals surface area contributed by atoms with Crippen molar-refractivity contribution >= 4 is 11.8 Å². The van der Waals surface area contributed by atoms with E-state index < -0.39 is 92.9 Å². The Balaban J connectivity index is 5.45. The summed E-state index contributed by atoms with van der Waals surface area (Å²) in [6, 6.07) is 0. The highest BCUT2D eigenvalue weighted by Crippen LogP contribution is 2.19. The van der Waals surface area contributed by atoms with Crippen LogP contribution in [-0.2, 0) is 9.59 Å². The number of carbonyl (C=O) groups excluding carboxylic acids is 2. The van der Waals surface area contributed by atoms with Crippen LogP contribution in [0.25, 0.3) is 0 Å². The average Bonchev–Trinajstić information content (AvgIpc) is 2.96. The minimum atomic E-state index is -1.89. The number of aliphatic hydroxyl groups excluding tert-OH is 10. The molecule has 0 fully saturated rings. The van der Waals surface area contributed by atoms with Crippen LogP contribution in [0.2, 0.25) is 0 Å². The van der Waals surface area contributed by atoms with Crippen LogP contribution in [0.1, 0.15) is 64.7 Å². The molecule has 0 aromatic rings. The van der Waals surface area contributed by atoms with Crippen molar-refractivity contribution in [2.45, 2.75) is 114 Å². The molecule has 0 aliphatic carbocycles. The van der Waals surface area contributed by atoms with E-state index in [0.717, 1.165) is 54.7 Å². The number of hydrogen-bond acceptors (Lipinski definition) is 12. The van der Waals surface area contributed by atoms with Gasteiger partial charge in [-0.15, -0.1) is 0 Å². The van der Waals surface area contributed by atoms with Gasteiger partial charge in [0.2, 0.25) is 11.8 Å². The second-order valence-corrected chi connectivity index (χ2v) is 10.9. The van der Waals surface area contributed by atoms with Crippen molar-refractivity contribution < 1.29 is 60.7 Å². The molecular weight excluding hydrogens is 544 g/mol. The molecule has 10 N–H and O–H groups in total. The maximum Gasteiger partial charge on any atom is 0.234 e. The number of nitrogens with zero attached hydrogens (tertiary/aromatic N) is 2. The van der Waals surface area contributed by atoms with Crippen molar-refractivity contribution in [1.82, 2.24) is 9.80 Å². The molecule has 0 aromatic heterocycles. The smallest absolute Gasteiger partial charge is 0.234 e. The van der Waals surface area contributed by atoms with Gasteiger partial charge >= 0.3 is 0 Å². The minimum absolute atomic E-state index is 0.135. The van der Waals surface area contributed by atoms with Crippen LogP contribution in [0.4, 0.5) is 0 Å². The summed E-state index contributed by atoms with van der Waals surface area (Å²) in [6.45, 7) is -0.613. The summed E-state index contributed by atoms with van der Waals surface area (Å²) in [5, 5.41) is 97.4. The molecule has 0 aliphatic rings. The zero-order valence-electron chi connectivity index (χ0n) is 24.6. The molecular formula is C27H54N2O12. The van der Waals surface area contributed by atoms with Gasteiger partial charge < -0.3 is 60.9 Å². The van der Waals surface area contributed by atoms with E-state index in [0.29, 0.717) is 6.42 Å². The molecule has 0 radical (unpaired) electrons. The predicted molar refractivity (Wildman–Crippen MR) is 148 cm³/mol. The molecule has 0 aliphatic heterocycles. The van der Waals surface area contributed by atoms with Gasteiger partial charge in [-0.1, -0.05) is 58.3 Å². The van der Waals surface area contributed by atoms with Crippen LogP contribution in [0.5, 0.6) is 0 Å².